The molecule has 136 valence electrons. The van der Waals surface area contributed by atoms with Crippen LogP contribution in [0.3, 0.4) is 0 Å². The Morgan fingerprint density at radius 2 is 2.08 bits per heavy atom. The van der Waals surface area contributed by atoms with Gasteiger partial charge >= 0.3 is 6.18 Å². The highest BCUT2D eigenvalue weighted by atomic mass is 19.4. The number of hydrogen-bond donors (Lipinski definition) is 1. The van der Waals surface area contributed by atoms with E-state index >= 15 is 0 Å². The zero-order valence-corrected chi connectivity index (χ0v) is 14.0. The quantitative estimate of drug-likeness (QED) is 0.890. The summed E-state index contributed by atoms with van der Waals surface area (Å²) in [6.45, 7) is 2.95. The largest absolute Gasteiger partial charge is 0.408 e. The third kappa shape index (κ3) is 3.65. The van der Waals surface area contributed by atoms with Crippen molar-refractivity contribution in [3.05, 3.63) is 23.4 Å². The average Bonchev–Trinajstić information content (AvgIpc) is 3.00. The molecule has 0 aromatic carbocycles. The summed E-state index contributed by atoms with van der Waals surface area (Å²) >= 11 is 0. The molecule has 25 heavy (non-hydrogen) atoms. The van der Waals surface area contributed by atoms with Gasteiger partial charge in [-0.2, -0.15) is 18.3 Å². The summed E-state index contributed by atoms with van der Waals surface area (Å²) in [7, 11) is 1.78. The molecule has 0 fully saturated rings. The first-order valence-electron chi connectivity index (χ1n) is 7.65. The van der Waals surface area contributed by atoms with Crippen molar-refractivity contribution >= 4 is 11.7 Å². The van der Waals surface area contributed by atoms with Gasteiger partial charge in [0.2, 0.25) is 5.91 Å². The van der Waals surface area contributed by atoms with Crippen LogP contribution in [0.25, 0.3) is 0 Å². The SMILES string of the molecule is Cc1cc(NC(=O)C2Cn3c(C)nnc3CN2C)nn1CC(F)(F)F. The van der Waals surface area contributed by atoms with Crippen LogP contribution in [0.15, 0.2) is 6.07 Å². The van der Waals surface area contributed by atoms with Crippen molar-refractivity contribution in [1.82, 2.24) is 29.4 Å². The minimum atomic E-state index is -4.37. The minimum Gasteiger partial charge on any atom is -0.312 e. The molecular weight excluding hydrogens is 339 g/mol. The molecule has 1 unspecified atom stereocenters. The lowest BCUT2D eigenvalue weighted by Crippen LogP contribution is -2.48. The van der Waals surface area contributed by atoms with Crippen molar-refractivity contribution in [2.45, 2.75) is 45.7 Å². The van der Waals surface area contributed by atoms with Crippen LogP contribution < -0.4 is 5.32 Å². The number of fused-ring (bicyclic) bond motifs is 1. The van der Waals surface area contributed by atoms with E-state index < -0.39 is 18.8 Å². The van der Waals surface area contributed by atoms with Crippen molar-refractivity contribution in [3.8, 4) is 0 Å². The Hall–Kier alpha value is -2.43. The van der Waals surface area contributed by atoms with Crippen LogP contribution in [0, 0.1) is 13.8 Å². The van der Waals surface area contributed by atoms with Crippen molar-refractivity contribution in [1.29, 1.82) is 0 Å². The lowest BCUT2D eigenvalue weighted by Gasteiger charge is -2.31. The maximum atomic E-state index is 12.5. The number of likely N-dealkylation sites (N-methyl/N-ethyl adjacent to an activating group) is 1. The molecule has 0 spiro atoms. The fourth-order valence-corrected chi connectivity index (χ4v) is 2.82. The van der Waals surface area contributed by atoms with Gasteiger partial charge in [0.25, 0.3) is 0 Å². The smallest absolute Gasteiger partial charge is 0.312 e. The summed E-state index contributed by atoms with van der Waals surface area (Å²) in [6.07, 6.45) is -4.37. The van der Waals surface area contributed by atoms with Crippen LogP contribution >= 0.6 is 0 Å². The van der Waals surface area contributed by atoms with Crippen LogP contribution in [-0.4, -0.2) is 54.6 Å². The van der Waals surface area contributed by atoms with E-state index in [0.717, 1.165) is 10.5 Å². The zero-order chi connectivity index (χ0) is 18.4. The number of hydrogen-bond acceptors (Lipinski definition) is 5. The molecule has 0 bridgehead atoms. The number of carbonyl (C=O) groups excluding carboxylic acids is 1. The number of nitrogens with one attached hydrogen (secondary N) is 1. The second-order valence-electron chi connectivity index (χ2n) is 6.14. The zero-order valence-electron chi connectivity index (χ0n) is 14.0. The molecule has 3 rings (SSSR count). The highest BCUT2D eigenvalue weighted by Crippen LogP contribution is 2.21. The van der Waals surface area contributed by atoms with Crippen LogP contribution in [0.2, 0.25) is 0 Å². The first kappa shape index (κ1) is 17.4. The van der Waals surface area contributed by atoms with Gasteiger partial charge in [-0.3, -0.25) is 14.4 Å². The number of anilines is 1. The Morgan fingerprint density at radius 3 is 2.76 bits per heavy atom. The molecule has 2 aromatic heterocycles. The monoisotopic (exact) mass is 357 g/mol. The van der Waals surface area contributed by atoms with Gasteiger partial charge in [0.05, 0.1) is 13.1 Å². The van der Waals surface area contributed by atoms with Gasteiger partial charge in [0.1, 0.15) is 24.2 Å². The molecule has 1 atom stereocenters. The number of aryl methyl sites for hydroxylation is 2. The highest BCUT2D eigenvalue weighted by Gasteiger charge is 2.32. The number of halogens is 3. The van der Waals surface area contributed by atoms with Gasteiger partial charge in [0.15, 0.2) is 5.82 Å². The summed E-state index contributed by atoms with van der Waals surface area (Å²) in [5.74, 6) is 1.25. The number of alkyl halides is 3. The van der Waals surface area contributed by atoms with Crippen molar-refractivity contribution < 1.29 is 18.0 Å². The molecule has 0 aliphatic carbocycles. The maximum Gasteiger partial charge on any atom is 0.408 e. The summed E-state index contributed by atoms with van der Waals surface area (Å²) < 4.78 is 40.2. The third-order valence-corrected chi connectivity index (χ3v) is 4.15. The fourth-order valence-electron chi connectivity index (χ4n) is 2.82. The van der Waals surface area contributed by atoms with Gasteiger partial charge in [-0.1, -0.05) is 0 Å². The number of nitrogens with zero attached hydrogens (tertiary/aromatic N) is 6. The molecular formula is C14H18F3N7O. The molecule has 1 N–H and O–H groups in total. The van der Waals surface area contributed by atoms with E-state index in [1.54, 1.807) is 14.0 Å². The minimum absolute atomic E-state index is 0.103. The van der Waals surface area contributed by atoms with Crippen LogP contribution in [-0.2, 0) is 24.4 Å². The van der Waals surface area contributed by atoms with E-state index in [-0.39, 0.29) is 11.7 Å². The molecule has 0 saturated heterocycles. The Balaban J connectivity index is 1.72. The summed E-state index contributed by atoms with van der Waals surface area (Å²) in [4.78, 5) is 14.4. The van der Waals surface area contributed by atoms with E-state index in [1.807, 2.05) is 9.47 Å². The van der Waals surface area contributed by atoms with Crippen molar-refractivity contribution in [3.63, 3.8) is 0 Å². The van der Waals surface area contributed by atoms with Crippen molar-refractivity contribution in [2.75, 3.05) is 12.4 Å². The predicted molar refractivity (Wildman–Crippen MR) is 81.7 cm³/mol. The van der Waals surface area contributed by atoms with E-state index in [9.17, 15) is 18.0 Å². The maximum absolute atomic E-state index is 12.5. The van der Waals surface area contributed by atoms with Crippen LogP contribution in [0.5, 0.6) is 0 Å². The number of amides is 1. The topological polar surface area (TPSA) is 80.9 Å². The molecule has 8 nitrogen and oxygen atoms in total. The lowest BCUT2D eigenvalue weighted by molar-refractivity contribution is -0.142. The highest BCUT2D eigenvalue weighted by molar-refractivity contribution is 5.94. The third-order valence-electron chi connectivity index (χ3n) is 4.15. The number of aromatic nitrogens is 5. The van der Waals surface area contributed by atoms with Gasteiger partial charge in [-0.25, -0.2) is 0 Å². The summed E-state index contributed by atoms with van der Waals surface area (Å²) in [5.41, 5.74) is 0.321. The van der Waals surface area contributed by atoms with Crippen LogP contribution in [0.1, 0.15) is 17.3 Å². The first-order chi connectivity index (χ1) is 11.6. The molecule has 2 aromatic rings. The lowest BCUT2D eigenvalue weighted by atomic mass is 10.2. The van der Waals surface area contributed by atoms with E-state index in [4.69, 9.17) is 0 Å². The predicted octanol–water partition coefficient (Wildman–Crippen LogP) is 1.11. The summed E-state index contributed by atoms with van der Waals surface area (Å²) in [5, 5.41) is 14.5. The standard InChI is InChI=1S/C14H18F3N7O/c1-8-4-11(21-24(8)7-14(15,16)17)18-13(25)10-5-23-9(2)19-20-12(23)6-22(10)3/h4,10H,5-7H2,1-3H3,(H,18,21,25). The number of carbonyl (C=O) groups is 1. The van der Waals surface area contributed by atoms with Gasteiger partial charge in [0, 0.05) is 11.8 Å². The van der Waals surface area contributed by atoms with Gasteiger partial charge in [-0.15, -0.1) is 10.2 Å². The van der Waals surface area contributed by atoms with Gasteiger partial charge in [-0.05, 0) is 20.9 Å². The second kappa shape index (κ2) is 6.14. The Labute approximate surface area is 141 Å². The van der Waals surface area contributed by atoms with E-state index in [2.05, 4.69) is 20.6 Å². The Kier molecular flexibility index (Phi) is 4.27. The first-order valence-corrected chi connectivity index (χ1v) is 7.65. The molecule has 1 amide bonds. The molecule has 1 aliphatic rings. The second-order valence-corrected chi connectivity index (χ2v) is 6.14. The Bertz CT molecular complexity index is 795. The van der Waals surface area contributed by atoms with E-state index in [1.165, 1.54) is 13.0 Å². The van der Waals surface area contributed by atoms with Crippen molar-refractivity contribution in [2.24, 2.45) is 0 Å². The summed E-state index contributed by atoms with van der Waals surface area (Å²) in [6, 6.07) is 0.928. The average molecular weight is 357 g/mol. The Morgan fingerprint density at radius 1 is 1.36 bits per heavy atom. The molecule has 1 aliphatic heterocycles. The van der Waals surface area contributed by atoms with Crippen LogP contribution in [0.4, 0.5) is 19.0 Å². The molecule has 0 saturated carbocycles. The number of rotatable bonds is 3. The molecule has 3 heterocycles. The molecule has 0 radical (unpaired) electrons. The van der Waals surface area contributed by atoms with Gasteiger partial charge < -0.3 is 9.88 Å². The van der Waals surface area contributed by atoms with E-state index in [0.29, 0.717) is 24.6 Å². The fraction of sp³-hybridized carbons (Fsp3) is 0.571. The normalized spacial score (nSPS) is 18.2. The molecule has 11 heteroatoms.